The summed E-state index contributed by atoms with van der Waals surface area (Å²) in [6.45, 7) is 2.21. The Balaban J connectivity index is 2.13. The number of aryl methyl sites for hydroxylation is 1. The molecule has 5 heteroatoms. The Hall–Kier alpha value is -1.69. The molecule has 21 heavy (non-hydrogen) atoms. The van der Waals surface area contributed by atoms with E-state index in [4.69, 9.17) is 5.11 Å². The fraction of sp³-hybridized carbons (Fsp3) is 0.250. The highest BCUT2D eigenvalue weighted by Gasteiger charge is 2.14. The number of hydrogen-bond donors (Lipinski definition) is 2. The summed E-state index contributed by atoms with van der Waals surface area (Å²) in [5.41, 5.74) is 2.80. The summed E-state index contributed by atoms with van der Waals surface area (Å²) in [6, 6.07) is 14.0. The van der Waals surface area contributed by atoms with Crippen LogP contribution in [-0.2, 0) is 29.6 Å². The van der Waals surface area contributed by atoms with Crippen LogP contribution in [0, 0.1) is 0 Å². The van der Waals surface area contributed by atoms with Gasteiger partial charge in [0.1, 0.15) is 0 Å². The molecule has 0 heterocycles. The Morgan fingerprint density at radius 2 is 1.62 bits per heavy atom. The molecule has 0 aromatic heterocycles. The minimum Gasteiger partial charge on any atom is -0.392 e. The van der Waals surface area contributed by atoms with E-state index < -0.39 is 10.0 Å². The maximum atomic E-state index is 12.2. The smallest absolute Gasteiger partial charge is 0.240 e. The quantitative estimate of drug-likeness (QED) is 0.860. The first kappa shape index (κ1) is 15.7. The van der Waals surface area contributed by atoms with Gasteiger partial charge in [-0.2, -0.15) is 0 Å². The van der Waals surface area contributed by atoms with E-state index in [9.17, 15) is 8.42 Å². The molecule has 0 spiro atoms. The van der Waals surface area contributed by atoms with Gasteiger partial charge in [0, 0.05) is 6.54 Å². The average molecular weight is 305 g/mol. The van der Waals surface area contributed by atoms with E-state index in [1.54, 1.807) is 12.1 Å². The van der Waals surface area contributed by atoms with E-state index in [1.807, 2.05) is 31.2 Å². The molecule has 2 aromatic rings. The van der Waals surface area contributed by atoms with Gasteiger partial charge >= 0.3 is 0 Å². The first-order chi connectivity index (χ1) is 10.1. The number of aliphatic hydroxyl groups excluding tert-OH is 1. The van der Waals surface area contributed by atoms with Crippen LogP contribution in [-0.4, -0.2) is 13.5 Å². The number of rotatable bonds is 6. The van der Waals surface area contributed by atoms with Crippen LogP contribution in [0.3, 0.4) is 0 Å². The second kappa shape index (κ2) is 6.85. The van der Waals surface area contributed by atoms with Crippen molar-refractivity contribution in [1.29, 1.82) is 0 Å². The second-order valence-corrected chi connectivity index (χ2v) is 6.52. The van der Waals surface area contributed by atoms with Gasteiger partial charge in [-0.05, 0) is 35.2 Å². The molecular formula is C16H19NO3S. The van der Waals surface area contributed by atoms with Crippen molar-refractivity contribution in [2.24, 2.45) is 0 Å². The Labute approximate surface area is 125 Å². The molecule has 0 saturated heterocycles. The van der Waals surface area contributed by atoms with Crippen LogP contribution >= 0.6 is 0 Å². The number of sulfonamides is 1. The van der Waals surface area contributed by atoms with E-state index in [0.717, 1.165) is 17.5 Å². The lowest BCUT2D eigenvalue weighted by molar-refractivity contribution is 0.282. The SMILES string of the molecule is CCc1ccccc1CNS(=O)(=O)c1ccc(CO)cc1. The molecule has 112 valence electrons. The lowest BCUT2D eigenvalue weighted by Crippen LogP contribution is -2.23. The van der Waals surface area contributed by atoms with Crippen molar-refractivity contribution >= 4 is 10.0 Å². The summed E-state index contributed by atoms with van der Waals surface area (Å²) >= 11 is 0. The lowest BCUT2D eigenvalue weighted by atomic mass is 10.1. The molecule has 0 saturated carbocycles. The largest absolute Gasteiger partial charge is 0.392 e. The summed E-state index contributed by atoms with van der Waals surface area (Å²) in [5.74, 6) is 0. The van der Waals surface area contributed by atoms with Crippen molar-refractivity contribution < 1.29 is 13.5 Å². The molecular weight excluding hydrogens is 286 g/mol. The zero-order chi connectivity index (χ0) is 15.3. The maximum Gasteiger partial charge on any atom is 0.240 e. The minimum atomic E-state index is -3.54. The van der Waals surface area contributed by atoms with Gasteiger partial charge in [0.15, 0.2) is 0 Å². The van der Waals surface area contributed by atoms with Gasteiger partial charge in [0.2, 0.25) is 10.0 Å². The van der Waals surface area contributed by atoms with Gasteiger partial charge in [-0.25, -0.2) is 13.1 Å². The fourth-order valence-electron chi connectivity index (χ4n) is 2.10. The number of aliphatic hydroxyl groups is 1. The highest BCUT2D eigenvalue weighted by molar-refractivity contribution is 7.89. The third-order valence-electron chi connectivity index (χ3n) is 3.37. The normalized spacial score (nSPS) is 11.5. The van der Waals surface area contributed by atoms with Crippen molar-refractivity contribution in [3.05, 3.63) is 65.2 Å². The van der Waals surface area contributed by atoms with E-state index in [2.05, 4.69) is 4.72 Å². The third-order valence-corrected chi connectivity index (χ3v) is 4.79. The zero-order valence-electron chi connectivity index (χ0n) is 11.9. The van der Waals surface area contributed by atoms with E-state index in [0.29, 0.717) is 5.56 Å². The van der Waals surface area contributed by atoms with Crippen LogP contribution in [0.4, 0.5) is 0 Å². The Bertz CT molecular complexity index is 694. The van der Waals surface area contributed by atoms with Gasteiger partial charge in [-0.15, -0.1) is 0 Å². The molecule has 0 aliphatic heterocycles. The standard InChI is InChI=1S/C16H19NO3S/c1-2-14-5-3-4-6-15(14)11-17-21(19,20)16-9-7-13(12-18)8-10-16/h3-10,17-18H,2,11-12H2,1H3. The van der Waals surface area contributed by atoms with E-state index in [-0.39, 0.29) is 18.0 Å². The molecule has 0 atom stereocenters. The lowest BCUT2D eigenvalue weighted by Gasteiger charge is -2.10. The maximum absolute atomic E-state index is 12.2. The monoisotopic (exact) mass is 305 g/mol. The molecule has 4 nitrogen and oxygen atoms in total. The summed E-state index contributed by atoms with van der Waals surface area (Å²) in [5, 5.41) is 8.98. The highest BCUT2D eigenvalue weighted by atomic mass is 32.2. The third kappa shape index (κ3) is 3.91. The number of benzene rings is 2. The van der Waals surface area contributed by atoms with Gasteiger partial charge in [-0.3, -0.25) is 0 Å². The molecule has 2 N–H and O–H groups in total. The first-order valence-corrected chi connectivity index (χ1v) is 8.31. The van der Waals surface area contributed by atoms with Crippen LogP contribution in [0.1, 0.15) is 23.6 Å². The molecule has 0 bridgehead atoms. The molecule has 2 rings (SSSR count). The predicted octanol–water partition coefficient (Wildman–Crippen LogP) is 2.22. The Morgan fingerprint density at radius 3 is 2.19 bits per heavy atom. The summed E-state index contributed by atoms with van der Waals surface area (Å²) in [6.07, 6.45) is 0.864. The summed E-state index contributed by atoms with van der Waals surface area (Å²) in [7, 11) is -3.54. The molecule has 0 fully saturated rings. The topological polar surface area (TPSA) is 66.4 Å². The van der Waals surface area contributed by atoms with Crippen LogP contribution in [0.25, 0.3) is 0 Å². The minimum absolute atomic E-state index is 0.0996. The molecule has 0 aliphatic rings. The van der Waals surface area contributed by atoms with Gasteiger partial charge in [-0.1, -0.05) is 43.3 Å². The first-order valence-electron chi connectivity index (χ1n) is 6.83. The van der Waals surface area contributed by atoms with Gasteiger partial charge in [0.25, 0.3) is 0 Å². The molecule has 0 amide bonds. The van der Waals surface area contributed by atoms with Crippen LogP contribution in [0.2, 0.25) is 0 Å². The zero-order valence-corrected chi connectivity index (χ0v) is 12.7. The predicted molar refractivity (Wildman–Crippen MR) is 82.2 cm³/mol. The van der Waals surface area contributed by atoms with Gasteiger partial charge in [0.05, 0.1) is 11.5 Å². The van der Waals surface area contributed by atoms with Crippen LogP contribution in [0.5, 0.6) is 0 Å². The summed E-state index contributed by atoms with van der Waals surface area (Å²) < 4.78 is 27.1. The molecule has 0 unspecified atom stereocenters. The van der Waals surface area contributed by atoms with Crippen molar-refractivity contribution in [1.82, 2.24) is 4.72 Å². The number of nitrogens with one attached hydrogen (secondary N) is 1. The van der Waals surface area contributed by atoms with Crippen molar-refractivity contribution in [2.75, 3.05) is 0 Å². The van der Waals surface area contributed by atoms with Crippen molar-refractivity contribution in [3.63, 3.8) is 0 Å². The van der Waals surface area contributed by atoms with E-state index in [1.165, 1.54) is 12.1 Å². The van der Waals surface area contributed by atoms with Crippen molar-refractivity contribution in [2.45, 2.75) is 31.4 Å². The molecule has 0 aliphatic carbocycles. The molecule has 0 radical (unpaired) electrons. The Kier molecular flexibility index (Phi) is 5.12. The van der Waals surface area contributed by atoms with E-state index >= 15 is 0 Å². The van der Waals surface area contributed by atoms with Gasteiger partial charge < -0.3 is 5.11 Å². The fourth-order valence-corrected chi connectivity index (χ4v) is 3.11. The Morgan fingerprint density at radius 1 is 1.00 bits per heavy atom. The van der Waals surface area contributed by atoms with Crippen LogP contribution in [0.15, 0.2) is 53.4 Å². The highest BCUT2D eigenvalue weighted by Crippen LogP contribution is 2.13. The van der Waals surface area contributed by atoms with Crippen molar-refractivity contribution in [3.8, 4) is 0 Å². The summed E-state index contributed by atoms with van der Waals surface area (Å²) in [4.78, 5) is 0.202. The molecule has 2 aromatic carbocycles. The average Bonchev–Trinajstić information content (AvgIpc) is 2.53. The van der Waals surface area contributed by atoms with Crippen LogP contribution < -0.4 is 4.72 Å². The number of hydrogen-bond acceptors (Lipinski definition) is 3. The second-order valence-electron chi connectivity index (χ2n) is 4.75.